The first-order valence-electron chi connectivity index (χ1n) is 9.37. The predicted molar refractivity (Wildman–Crippen MR) is 106 cm³/mol. The Balaban J connectivity index is 1.81. The fourth-order valence-electron chi connectivity index (χ4n) is 2.90. The molecule has 0 bridgehead atoms. The summed E-state index contributed by atoms with van der Waals surface area (Å²) in [6.45, 7) is 2.92. The van der Waals surface area contributed by atoms with Crippen LogP contribution in [0.2, 0.25) is 0 Å². The average molecular weight is 418 g/mol. The molecular weight excluding hydrogens is 397 g/mol. The van der Waals surface area contributed by atoms with Crippen LogP contribution in [-0.4, -0.2) is 34.7 Å². The van der Waals surface area contributed by atoms with Crippen molar-refractivity contribution in [3.05, 3.63) is 66.1 Å². The lowest BCUT2D eigenvalue weighted by atomic mass is 10.1. The Bertz CT molecular complexity index is 972. The molecule has 0 aliphatic rings. The van der Waals surface area contributed by atoms with Gasteiger partial charge in [0, 0.05) is 24.8 Å². The van der Waals surface area contributed by atoms with Gasteiger partial charge in [0.15, 0.2) is 0 Å². The molecular formula is C21H21F3N4O2. The number of carbonyl (C=O) groups is 1. The number of halogens is 3. The van der Waals surface area contributed by atoms with Gasteiger partial charge in [-0.1, -0.05) is 37.3 Å². The Labute approximate surface area is 171 Å². The number of para-hydroxylation sites is 1. The van der Waals surface area contributed by atoms with Gasteiger partial charge in [0.1, 0.15) is 0 Å². The summed E-state index contributed by atoms with van der Waals surface area (Å²) in [7, 11) is 1.75. The molecule has 6 nitrogen and oxygen atoms in total. The van der Waals surface area contributed by atoms with Crippen LogP contribution in [0.15, 0.2) is 59.0 Å². The van der Waals surface area contributed by atoms with Crippen LogP contribution < -0.4 is 4.90 Å². The molecule has 2 aromatic carbocycles. The number of hydrogen-bond acceptors (Lipinski definition) is 4. The lowest BCUT2D eigenvalue weighted by molar-refractivity contribution is -0.156. The lowest BCUT2D eigenvalue weighted by Gasteiger charge is -2.28. The van der Waals surface area contributed by atoms with Crippen LogP contribution in [0, 0.1) is 0 Å². The first kappa shape index (κ1) is 21.4. The van der Waals surface area contributed by atoms with Gasteiger partial charge < -0.3 is 9.32 Å². The van der Waals surface area contributed by atoms with E-state index >= 15 is 0 Å². The third kappa shape index (κ3) is 4.97. The number of carbonyl (C=O) groups excluding carboxylic acids is 1. The second-order valence-electron chi connectivity index (χ2n) is 6.73. The molecule has 1 heterocycles. The molecule has 1 aromatic heterocycles. The van der Waals surface area contributed by atoms with E-state index in [1.807, 2.05) is 37.3 Å². The van der Waals surface area contributed by atoms with E-state index in [4.69, 9.17) is 4.42 Å². The van der Waals surface area contributed by atoms with Gasteiger partial charge in [-0.3, -0.25) is 4.90 Å². The van der Waals surface area contributed by atoms with Crippen molar-refractivity contribution >= 4 is 11.7 Å². The second kappa shape index (κ2) is 8.98. The number of hydrogen-bond donors (Lipinski definition) is 0. The molecule has 0 N–H and O–H groups in total. The lowest BCUT2D eigenvalue weighted by Crippen LogP contribution is -2.41. The molecule has 0 fully saturated rings. The van der Waals surface area contributed by atoms with Crippen LogP contribution in [0.4, 0.5) is 23.7 Å². The Hall–Kier alpha value is -3.36. The zero-order valence-corrected chi connectivity index (χ0v) is 16.6. The van der Waals surface area contributed by atoms with Gasteiger partial charge in [0.2, 0.25) is 5.89 Å². The monoisotopic (exact) mass is 418 g/mol. The van der Waals surface area contributed by atoms with Crippen molar-refractivity contribution in [1.82, 2.24) is 15.1 Å². The van der Waals surface area contributed by atoms with Crippen molar-refractivity contribution in [1.29, 1.82) is 0 Å². The Kier molecular flexibility index (Phi) is 6.39. The minimum atomic E-state index is -4.69. The highest BCUT2D eigenvalue weighted by atomic mass is 19.4. The van der Waals surface area contributed by atoms with Gasteiger partial charge in [-0.2, -0.15) is 13.2 Å². The summed E-state index contributed by atoms with van der Waals surface area (Å²) in [5.74, 6) is -1.60. The zero-order chi connectivity index (χ0) is 21.7. The van der Waals surface area contributed by atoms with Gasteiger partial charge in [0.25, 0.3) is 0 Å². The van der Waals surface area contributed by atoms with Gasteiger partial charge in [0.05, 0.1) is 6.54 Å². The number of aromatic nitrogens is 2. The van der Waals surface area contributed by atoms with E-state index in [9.17, 15) is 18.0 Å². The molecule has 0 radical (unpaired) electrons. The van der Waals surface area contributed by atoms with Crippen LogP contribution in [0.25, 0.3) is 11.5 Å². The number of nitrogens with zero attached hydrogens (tertiary/aromatic N) is 4. The molecule has 0 saturated heterocycles. The Morgan fingerprint density at radius 2 is 1.70 bits per heavy atom. The summed E-state index contributed by atoms with van der Waals surface area (Å²) < 4.78 is 42.6. The van der Waals surface area contributed by atoms with Gasteiger partial charge in [-0.15, -0.1) is 10.2 Å². The fraction of sp³-hybridized carbons (Fsp3) is 0.286. The zero-order valence-electron chi connectivity index (χ0n) is 16.6. The van der Waals surface area contributed by atoms with Crippen LogP contribution >= 0.6 is 0 Å². The molecule has 0 saturated carbocycles. The van der Waals surface area contributed by atoms with Gasteiger partial charge >= 0.3 is 18.1 Å². The highest BCUT2D eigenvalue weighted by Crippen LogP contribution is 2.30. The van der Waals surface area contributed by atoms with Crippen molar-refractivity contribution in [3.8, 4) is 11.5 Å². The first-order chi connectivity index (χ1) is 14.3. The first-order valence-corrected chi connectivity index (χ1v) is 9.37. The molecule has 9 heteroatoms. The maximum absolute atomic E-state index is 12.9. The largest absolute Gasteiger partial charge is 0.470 e. The van der Waals surface area contributed by atoms with E-state index in [0.717, 1.165) is 17.7 Å². The third-order valence-electron chi connectivity index (χ3n) is 4.39. The van der Waals surface area contributed by atoms with Crippen molar-refractivity contribution in [2.75, 3.05) is 18.5 Å². The molecule has 0 aliphatic heterocycles. The van der Waals surface area contributed by atoms with Crippen molar-refractivity contribution in [2.45, 2.75) is 26.1 Å². The van der Waals surface area contributed by atoms with E-state index in [1.165, 1.54) is 0 Å². The van der Waals surface area contributed by atoms with E-state index in [0.29, 0.717) is 18.7 Å². The third-order valence-corrected chi connectivity index (χ3v) is 4.39. The number of benzene rings is 2. The number of amides is 2. The summed E-state index contributed by atoms with van der Waals surface area (Å²) in [5.41, 5.74) is 1.92. The van der Waals surface area contributed by atoms with Crippen molar-refractivity contribution < 1.29 is 22.4 Å². The number of anilines is 1. The minimum Gasteiger partial charge on any atom is -0.413 e. The summed E-state index contributed by atoms with van der Waals surface area (Å²) in [4.78, 5) is 16.2. The maximum atomic E-state index is 12.9. The molecule has 0 aliphatic carbocycles. The summed E-state index contributed by atoms with van der Waals surface area (Å²) in [6, 6.07) is 15.8. The van der Waals surface area contributed by atoms with Crippen molar-refractivity contribution in [3.63, 3.8) is 0 Å². The maximum Gasteiger partial charge on any atom is 0.470 e. The summed E-state index contributed by atoms with van der Waals surface area (Å²) >= 11 is 0. The van der Waals surface area contributed by atoms with Crippen LogP contribution in [-0.2, 0) is 12.7 Å². The number of alkyl halides is 3. The molecule has 0 atom stereocenters. The smallest absolute Gasteiger partial charge is 0.413 e. The standard InChI is InChI=1S/C21H21F3N4O2/c1-3-13-27(2)20(29)28(17-7-5-4-6-8-17)14-15-9-11-16(12-10-15)18-25-26-19(30-18)21(22,23)24/h4-12H,3,13-14H2,1-2H3. The van der Waals surface area contributed by atoms with Crippen LogP contribution in [0.5, 0.6) is 0 Å². The highest BCUT2D eigenvalue weighted by molar-refractivity contribution is 5.91. The Morgan fingerprint density at radius 3 is 2.27 bits per heavy atom. The fourth-order valence-corrected chi connectivity index (χ4v) is 2.90. The van der Waals surface area contributed by atoms with E-state index in [-0.39, 0.29) is 11.9 Å². The van der Waals surface area contributed by atoms with Gasteiger partial charge in [-0.25, -0.2) is 4.79 Å². The molecule has 3 rings (SSSR count). The molecule has 0 spiro atoms. The normalized spacial score (nSPS) is 11.4. The molecule has 158 valence electrons. The molecule has 0 unspecified atom stereocenters. The number of urea groups is 1. The van der Waals surface area contributed by atoms with Crippen LogP contribution in [0.3, 0.4) is 0 Å². The molecule has 2 amide bonds. The summed E-state index contributed by atoms with van der Waals surface area (Å²) in [6.07, 6.45) is -3.85. The molecule has 30 heavy (non-hydrogen) atoms. The quantitative estimate of drug-likeness (QED) is 0.550. The highest BCUT2D eigenvalue weighted by Gasteiger charge is 2.38. The van der Waals surface area contributed by atoms with Crippen molar-refractivity contribution in [2.24, 2.45) is 0 Å². The predicted octanol–water partition coefficient (Wildman–Crippen LogP) is 5.22. The SMILES string of the molecule is CCCN(C)C(=O)N(Cc1ccc(-c2nnc(C(F)(F)F)o2)cc1)c1ccccc1. The van der Waals surface area contributed by atoms with E-state index in [2.05, 4.69) is 10.2 Å². The average Bonchev–Trinajstić information content (AvgIpc) is 3.24. The second-order valence-corrected chi connectivity index (χ2v) is 6.73. The van der Waals surface area contributed by atoms with E-state index < -0.39 is 12.1 Å². The minimum absolute atomic E-state index is 0.140. The van der Waals surface area contributed by atoms with Gasteiger partial charge in [-0.05, 0) is 36.2 Å². The van der Waals surface area contributed by atoms with E-state index in [1.54, 1.807) is 41.1 Å². The Morgan fingerprint density at radius 1 is 1.03 bits per heavy atom. The molecule has 3 aromatic rings. The van der Waals surface area contributed by atoms with Crippen LogP contribution in [0.1, 0.15) is 24.8 Å². The summed E-state index contributed by atoms with van der Waals surface area (Å²) in [5, 5.41) is 6.49. The number of rotatable bonds is 6. The topological polar surface area (TPSA) is 62.5 Å².